The van der Waals surface area contributed by atoms with E-state index in [9.17, 15) is 19.2 Å². The van der Waals surface area contributed by atoms with E-state index in [0.717, 1.165) is 10.5 Å². The summed E-state index contributed by atoms with van der Waals surface area (Å²) in [5.41, 5.74) is 8.09. The molecule has 8 nitrogen and oxygen atoms in total. The summed E-state index contributed by atoms with van der Waals surface area (Å²) in [7, 11) is 0. The first-order chi connectivity index (χ1) is 15.8. The molecule has 4 amide bonds. The number of amides is 4. The van der Waals surface area contributed by atoms with Gasteiger partial charge >= 0.3 is 0 Å². The van der Waals surface area contributed by atoms with Gasteiger partial charge in [-0.1, -0.05) is 39.2 Å². The number of hydrogen-bond acceptors (Lipinski definition) is 6. The van der Waals surface area contributed by atoms with Crippen molar-refractivity contribution in [1.82, 2.24) is 15.5 Å². The lowest BCUT2D eigenvalue weighted by molar-refractivity contribution is -0.136. The summed E-state index contributed by atoms with van der Waals surface area (Å²) in [5.74, 6) is -1.04. The molecule has 0 aromatic heterocycles. The third-order valence-corrected chi connectivity index (χ3v) is 7.39. The fraction of sp³-hybridized carbons (Fsp3) is 0.600. The van der Waals surface area contributed by atoms with Crippen LogP contribution >= 0.6 is 0 Å². The smallest absolute Gasteiger partial charge is 0.262 e. The van der Waals surface area contributed by atoms with Crippen LogP contribution in [0.15, 0.2) is 18.2 Å². The van der Waals surface area contributed by atoms with Gasteiger partial charge in [0.15, 0.2) is 0 Å². The molecular weight excluding hydrogens is 420 g/mol. The fourth-order valence-corrected chi connectivity index (χ4v) is 5.39. The Kier molecular flexibility index (Phi) is 6.95. The van der Waals surface area contributed by atoms with Gasteiger partial charge in [-0.3, -0.25) is 29.4 Å². The molecule has 178 valence electrons. The van der Waals surface area contributed by atoms with Gasteiger partial charge in [-0.15, -0.1) is 0 Å². The normalized spacial score (nSPS) is 23.6. The van der Waals surface area contributed by atoms with Crippen LogP contribution in [0.5, 0.6) is 0 Å². The molecule has 4 rings (SSSR count). The van der Waals surface area contributed by atoms with Crippen molar-refractivity contribution in [1.29, 1.82) is 0 Å². The van der Waals surface area contributed by atoms with Gasteiger partial charge in [-0.25, -0.2) is 0 Å². The molecule has 0 bridgehead atoms. The molecule has 3 unspecified atom stereocenters. The Labute approximate surface area is 194 Å². The topological polar surface area (TPSA) is 122 Å². The number of rotatable bonds is 7. The van der Waals surface area contributed by atoms with Gasteiger partial charge in [0.2, 0.25) is 11.8 Å². The summed E-state index contributed by atoms with van der Waals surface area (Å²) in [6.07, 6.45) is 6.37. The van der Waals surface area contributed by atoms with Gasteiger partial charge in [0.25, 0.3) is 11.8 Å². The van der Waals surface area contributed by atoms with E-state index >= 15 is 0 Å². The molecule has 1 aromatic rings. The molecule has 8 heteroatoms. The van der Waals surface area contributed by atoms with Crippen LogP contribution in [0.2, 0.25) is 0 Å². The van der Waals surface area contributed by atoms with Gasteiger partial charge in [-0.05, 0) is 48.8 Å². The quantitative estimate of drug-likeness (QED) is 0.543. The number of hydrogen-bond donors (Lipinski definition) is 3. The number of carbonyl (C=O) groups excluding carboxylic acids is 4. The van der Waals surface area contributed by atoms with Crippen molar-refractivity contribution in [3.05, 3.63) is 34.9 Å². The molecular formula is C25H34N4O4. The molecule has 2 heterocycles. The number of piperidine rings is 1. The van der Waals surface area contributed by atoms with Crippen molar-refractivity contribution in [2.75, 3.05) is 0 Å². The van der Waals surface area contributed by atoms with Crippen molar-refractivity contribution in [3.8, 4) is 0 Å². The van der Waals surface area contributed by atoms with Gasteiger partial charge in [0.1, 0.15) is 6.04 Å². The number of nitrogens with two attached hydrogens (primary N) is 1. The predicted octanol–water partition coefficient (Wildman–Crippen LogP) is 2.11. The van der Waals surface area contributed by atoms with E-state index in [2.05, 4.69) is 24.5 Å². The van der Waals surface area contributed by atoms with Crippen LogP contribution < -0.4 is 16.4 Å². The van der Waals surface area contributed by atoms with Crippen molar-refractivity contribution in [2.45, 2.75) is 83.5 Å². The Bertz CT molecular complexity index is 954. The molecule has 3 aliphatic rings. The third-order valence-electron chi connectivity index (χ3n) is 7.39. The monoisotopic (exact) mass is 454 g/mol. The molecule has 2 aliphatic heterocycles. The van der Waals surface area contributed by atoms with E-state index in [0.29, 0.717) is 29.5 Å². The molecule has 0 radical (unpaired) electrons. The van der Waals surface area contributed by atoms with Crippen molar-refractivity contribution < 1.29 is 19.2 Å². The van der Waals surface area contributed by atoms with Crippen molar-refractivity contribution in [3.63, 3.8) is 0 Å². The standard InChI is InChI=1S/C25H34N4O4/c1-14(2)21(26)22(16-6-4-3-5-7-16)27-13-15-8-9-17-18(12-15)25(33)29(24(17)32)19-10-11-20(30)28-23(19)31/h8-9,12,14,16,19,21-22,27H,3-7,10-11,13,26H2,1-2H3,(H,28,30,31). The van der Waals surface area contributed by atoms with E-state index in [1.807, 2.05) is 6.07 Å². The van der Waals surface area contributed by atoms with Crippen LogP contribution in [0, 0.1) is 11.8 Å². The lowest BCUT2D eigenvalue weighted by atomic mass is 9.78. The Balaban J connectivity index is 1.49. The maximum absolute atomic E-state index is 13.1. The first kappa shape index (κ1) is 23.6. The van der Waals surface area contributed by atoms with Crippen LogP contribution in [0.4, 0.5) is 0 Å². The van der Waals surface area contributed by atoms with Gasteiger partial charge in [-0.2, -0.15) is 0 Å². The molecule has 1 aromatic carbocycles. The summed E-state index contributed by atoms with van der Waals surface area (Å²) in [4.78, 5) is 50.7. The summed E-state index contributed by atoms with van der Waals surface area (Å²) in [6, 6.07) is 4.54. The van der Waals surface area contributed by atoms with Crippen molar-refractivity contribution in [2.24, 2.45) is 17.6 Å². The Morgan fingerprint density at radius 2 is 1.73 bits per heavy atom. The summed E-state index contributed by atoms with van der Waals surface area (Å²) >= 11 is 0. The van der Waals surface area contributed by atoms with Crippen LogP contribution in [-0.4, -0.2) is 46.7 Å². The lowest BCUT2D eigenvalue weighted by Gasteiger charge is -2.36. The zero-order valence-electron chi connectivity index (χ0n) is 19.4. The van der Waals surface area contributed by atoms with E-state index < -0.39 is 23.8 Å². The number of nitrogens with zero attached hydrogens (tertiary/aromatic N) is 1. The van der Waals surface area contributed by atoms with E-state index in [1.54, 1.807) is 12.1 Å². The highest BCUT2D eigenvalue weighted by molar-refractivity contribution is 6.23. The second kappa shape index (κ2) is 9.73. The summed E-state index contributed by atoms with van der Waals surface area (Å²) in [6.45, 7) is 4.84. The Morgan fingerprint density at radius 3 is 2.39 bits per heavy atom. The number of carbonyl (C=O) groups is 4. The van der Waals surface area contributed by atoms with Crippen LogP contribution in [0.25, 0.3) is 0 Å². The number of nitrogens with one attached hydrogen (secondary N) is 2. The predicted molar refractivity (Wildman–Crippen MR) is 123 cm³/mol. The molecule has 3 atom stereocenters. The summed E-state index contributed by atoms with van der Waals surface area (Å²) < 4.78 is 0. The highest BCUT2D eigenvalue weighted by Crippen LogP contribution is 2.30. The number of benzene rings is 1. The third kappa shape index (κ3) is 4.73. The Hall–Kier alpha value is -2.58. The molecule has 2 fully saturated rings. The van der Waals surface area contributed by atoms with Gasteiger partial charge < -0.3 is 11.1 Å². The highest BCUT2D eigenvalue weighted by Gasteiger charge is 2.44. The van der Waals surface area contributed by atoms with E-state index in [1.165, 1.54) is 32.1 Å². The number of fused-ring (bicyclic) bond motifs is 1. The maximum atomic E-state index is 13.1. The van der Waals surface area contributed by atoms with Gasteiger partial charge in [0, 0.05) is 25.0 Å². The second-order valence-corrected chi connectivity index (χ2v) is 9.95. The van der Waals surface area contributed by atoms with Crippen LogP contribution in [0.3, 0.4) is 0 Å². The van der Waals surface area contributed by atoms with Crippen molar-refractivity contribution >= 4 is 23.6 Å². The largest absolute Gasteiger partial charge is 0.326 e. The molecule has 0 spiro atoms. The molecule has 1 saturated heterocycles. The summed E-state index contributed by atoms with van der Waals surface area (Å²) in [5, 5.41) is 5.88. The molecule has 1 saturated carbocycles. The minimum absolute atomic E-state index is 0.0359. The van der Waals surface area contributed by atoms with Gasteiger partial charge in [0.05, 0.1) is 11.1 Å². The average molecular weight is 455 g/mol. The molecule has 1 aliphatic carbocycles. The lowest BCUT2D eigenvalue weighted by Crippen LogP contribution is -2.54. The second-order valence-electron chi connectivity index (χ2n) is 9.95. The Morgan fingerprint density at radius 1 is 1.03 bits per heavy atom. The van der Waals surface area contributed by atoms with E-state index in [-0.39, 0.29) is 30.8 Å². The zero-order chi connectivity index (χ0) is 23.7. The first-order valence-corrected chi connectivity index (χ1v) is 12.1. The average Bonchev–Trinajstić information content (AvgIpc) is 3.04. The van der Waals surface area contributed by atoms with Crippen LogP contribution in [0.1, 0.15) is 85.1 Å². The maximum Gasteiger partial charge on any atom is 0.262 e. The number of imide groups is 2. The van der Waals surface area contributed by atoms with E-state index in [4.69, 9.17) is 5.73 Å². The SMILES string of the molecule is CC(C)C(N)C(NCc1ccc2c(c1)C(=O)N(C1CCC(=O)NC1=O)C2=O)C1CCCCC1. The minimum atomic E-state index is -0.948. The highest BCUT2D eigenvalue weighted by atomic mass is 16.2. The minimum Gasteiger partial charge on any atom is -0.326 e. The zero-order valence-corrected chi connectivity index (χ0v) is 19.4. The fourth-order valence-electron chi connectivity index (χ4n) is 5.39. The first-order valence-electron chi connectivity index (χ1n) is 12.1. The molecule has 4 N–H and O–H groups in total. The van der Waals surface area contributed by atoms with Crippen LogP contribution in [-0.2, 0) is 16.1 Å². The molecule has 33 heavy (non-hydrogen) atoms.